The van der Waals surface area contributed by atoms with Crippen LogP contribution in [0.4, 0.5) is 16.3 Å². The van der Waals surface area contributed by atoms with Crippen LogP contribution in [0.1, 0.15) is 29.9 Å². The lowest BCUT2D eigenvalue weighted by Gasteiger charge is -2.09. The lowest BCUT2D eigenvalue weighted by Crippen LogP contribution is -2.21. The van der Waals surface area contributed by atoms with Crippen molar-refractivity contribution in [2.24, 2.45) is 0 Å². The van der Waals surface area contributed by atoms with E-state index in [2.05, 4.69) is 15.7 Å². The number of hydrogen-bond donors (Lipinski definition) is 2. The molecule has 2 rings (SSSR count). The SMILES string of the molecule is CCn1nc(C)cc1NC(=O)Nc1cccc(C(C)=O)c1. The van der Waals surface area contributed by atoms with Crippen molar-refractivity contribution in [1.82, 2.24) is 9.78 Å². The van der Waals surface area contributed by atoms with E-state index in [4.69, 9.17) is 0 Å². The second-order valence-corrected chi connectivity index (χ2v) is 4.70. The molecule has 6 heteroatoms. The molecule has 1 aromatic carbocycles. The summed E-state index contributed by atoms with van der Waals surface area (Å²) in [4.78, 5) is 23.3. The lowest BCUT2D eigenvalue weighted by molar-refractivity contribution is 0.101. The molecule has 0 fully saturated rings. The first-order valence-corrected chi connectivity index (χ1v) is 6.73. The summed E-state index contributed by atoms with van der Waals surface area (Å²) in [6.07, 6.45) is 0. The zero-order valence-corrected chi connectivity index (χ0v) is 12.3. The van der Waals surface area contributed by atoms with E-state index in [1.807, 2.05) is 13.8 Å². The van der Waals surface area contributed by atoms with Gasteiger partial charge in [0.1, 0.15) is 5.82 Å². The Hall–Kier alpha value is -2.63. The molecule has 0 aliphatic rings. The van der Waals surface area contributed by atoms with Crippen molar-refractivity contribution in [2.45, 2.75) is 27.3 Å². The minimum Gasteiger partial charge on any atom is -0.308 e. The quantitative estimate of drug-likeness (QED) is 0.848. The van der Waals surface area contributed by atoms with Gasteiger partial charge in [-0.3, -0.25) is 10.1 Å². The van der Waals surface area contributed by atoms with Gasteiger partial charge < -0.3 is 5.32 Å². The van der Waals surface area contributed by atoms with Gasteiger partial charge in [0.15, 0.2) is 5.78 Å². The van der Waals surface area contributed by atoms with Gasteiger partial charge >= 0.3 is 6.03 Å². The molecule has 2 N–H and O–H groups in total. The number of carbonyl (C=O) groups excluding carboxylic acids is 2. The number of nitrogens with one attached hydrogen (secondary N) is 2. The number of aryl methyl sites for hydroxylation is 2. The Bertz CT molecular complexity index is 676. The van der Waals surface area contributed by atoms with Gasteiger partial charge in [0.2, 0.25) is 0 Å². The summed E-state index contributed by atoms with van der Waals surface area (Å²) in [5, 5.41) is 9.70. The molecule has 110 valence electrons. The fourth-order valence-electron chi connectivity index (χ4n) is 1.98. The smallest absolute Gasteiger partial charge is 0.308 e. The van der Waals surface area contributed by atoms with Crippen LogP contribution >= 0.6 is 0 Å². The second-order valence-electron chi connectivity index (χ2n) is 4.70. The molecular weight excluding hydrogens is 268 g/mol. The minimum absolute atomic E-state index is 0.0428. The third-order valence-electron chi connectivity index (χ3n) is 2.97. The van der Waals surface area contributed by atoms with Crippen molar-refractivity contribution in [3.05, 3.63) is 41.6 Å². The number of benzene rings is 1. The molecule has 0 aliphatic heterocycles. The van der Waals surface area contributed by atoms with Crippen molar-refractivity contribution >= 4 is 23.3 Å². The molecule has 0 saturated carbocycles. The fraction of sp³-hybridized carbons (Fsp3) is 0.267. The maximum absolute atomic E-state index is 12.0. The van der Waals surface area contributed by atoms with Crippen LogP contribution in [0.2, 0.25) is 0 Å². The summed E-state index contributed by atoms with van der Waals surface area (Å²) in [5.41, 5.74) is 1.97. The highest BCUT2D eigenvalue weighted by atomic mass is 16.2. The highest BCUT2D eigenvalue weighted by Crippen LogP contribution is 2.13. The molecule has 1 heterocycles. The second kappa shape index (κ2) is 6.21. The molecule has 0 bridgehead atoms. The molecule has 2 amide bonds. The van der Waals surface area contributed by atoms with E-state index in [-0.39, 0.29) is 11.8 Å². The highest BCUT2D eigenvalue weighted by molar-refractivity contribution is 6.01. The summed E-state index contributed by atoms with van der Waals surface area (Å²) in [6.45, 7) is 5.97. The third-order valence-corrected chi connectivity index (χ3v) is 2.97. The van der Waals surface area contributed by atoms with E-state index >= 15 is 0 Å². The number of ketones is 1. The third kappa shape index (κ3) is 3.68. The maximum Gasteiger partial charge on any atom is 0.324 e. The van der Waals surface area contributed by atoms with Crippen LogP contribution in [0.25, 0.3) is 0 Å². The van der Waals surface area contributed by atoms with Crippen LogP contribution < -0.4 is 10.6 Å². The summed E-state index contributed by atoms with van der Waals surface area (Å²) < 4.78 is 1.71. The van der Waals surface area contributed by atoms with E-state index in [1.54, 1.807) is 35.0 Å². The molecule has 0 spiro atoms. The number of nitrogens with zero attached hydrogens (tertiary/aromatic N) is 2. The van der Waals surface area contributed by atoms with Gasteiger partial charge in [-0.1, -0.05) is 12.1 Å². The Balaban J connectivity index is 2.08. The van der Waals surface area contributed by atoms with Crippen molar-refractivity contribution in [3.63, 3.8) is 0 Å². The number of urea groups is 1. The standard InChI is InChI=1S/C15H18N4O2/c1-4-19-14(8-10(2)18-19)17-15(21)16-13-7-5-6-12(9-13)11(3)20/h5-9H,4H2,1-3H3,(H2,16,17,21). The zero-order chi connectivity index (χ0) is 15.4. The number of anilines is 2. The van der Waals surface area contributed by atoms with Crippen molar-refractivity contribution < 1.29 is 9.59 Å². The lowest BCUT2D eigenvalue weighted by atomic mass is 10.1. The summed E-state index contributed by atoms with van der Waals surface area (Å²) in [7, 11) is 0. The zero-order valence-electron chi connectivity index (χ0n) is 12.3. The Morgan fingerprint density at radius 2 is 2.00 bits per heavy atom. The fourth-order valence-corrected chi connectivity index (χ4v) is 1.98. The predicted octanol–water partition coefficient (Wildman–Crippen LogP) is 3.06. The number of carbonyl (C=O) groups is 2. The molecule has 21 heavy (non-hydrogen) atoms. The molecule has 0 unspecified atom stereocenters. The predicted molar refractivity (Wildman–Crippen MR) is 81.7 cm³/mol. The number of hydrogen-bond acceptors (Lipinski definition) is 3. The van der Waals surface area contributed by atoms with Gasteiger partial charge in [-0.25, -0.2) is 9.48 Å². The van der Waals surface area contributed by atoms with Crippen molar-refractivity contribution in [1.29, 1.82) is 0 Å². The van der Waals surface area contributed by atoms with Crippen LogP contribution in [-0.4, -0.2) is 21.6 Å². The first-order valence-electron chi connectivity index (χ1n) is 6.73. The molecular formula is C15H18N4O2. The van der Waals surface area contributed by atoms with E-state index < -0.39 is 0 Å². The average molecular weight is 286 g/mol. The normalized spacial score (nSPS) is 10.2. The summed E-state index contributed by atoms with van der Waals surface area (Å²) in [6, 6.07) is 8.24. The first-order chi connectivity index (χ1) is 9.99. The first kappa shape index (κ1) is 14.8. The van der Waals surface area contributed by atoms with Crippen LogP contribution in [-0.2, 0) is 6.54 Å². The molecule has 6 nitrogen and oxygen atoms in total. The summed E-state index contributed by atoms with van der Waals surface area (Å²) >= 11 is 0. The molecule has 0 saturated heterocycles. The highest BCUT2D eigenvalue weighted by Gasteiger charge is 2.09. The number of aromatic nitrogens is 2. The van der Waals surface area contributed by atoms with Gasteiger partial charge in [-0.2, -0.15) is 5.10 Å². The van der Waals surface area contributed by atoms with Crippen molar-refractivity contribution in [2.75, 3.05) is 10.6 Å². The van der Waals surface area contributed by atoms with E-state index in [1.165, 1.54) is 6.92 Å². The van der Waals surface area contributed by atoms with Gasteiger partial charge in [0.25, 0.3) is 0 Å². The molecule has 0 atom stereocenters. The Labute approximate surface area is 123 Å². The van der Waals surface area contributed by atoms with E-state index in [0.29, 0.717) is 23.6 Å². The molecule has 2 aromatic rings. The Kier molecular flexibility index (Phi) is 4.37. The van der Waals surface area contributed by atoms with Crippen LogP contribution in [0.5, 0.6) is 0 Å². The van der Waals surface area contributed by atoms with E-state index in [0.717, 1.165) is 5.69 Å². The van der Waals surface area contributed by atoms with E-state index in [9.17, 15) is 9.59 Å². The number of Topliss-reactive ketones (excluding diaryl/α,β-unsaturated/α-hetero) is 1. The van der Waals surface area contributed by atoms with Gasteiger partial charge in [0, 0.05) is 23.9 Å². The minimum atomic E-state index is -0.370. The molecule has 0 radical (unpaired) electrons. The van der Waals surface area contributed by atoms with Crippen molar-refractivity contribution in [3.8, 4) is 0 Å². The number of amides is 2. The maximum atomic E-state index is 12.0. The Morgan fingerprint density at radius 1 is 1.24 bits per heavy atom. The summed E-state index contributed by atoms with van der Waals surface area (Å²) in [5.74, 6) is 0.592. The Morgan fingerprint density at radius 3 is 2.67 bits per heavy atom. The van der Waals surface area contributed by atoms with Gasteiger partial charge in [-0.15, -0.1) is 0 Å². The largest absolute Gasteiger partial charge is 0.324 e. The topological polar surface area (TPSA) is 76.0 Å². The average Bonchev–Trinajstić information content (AvgIpc) is 2.78. The monoisotopic (exact) mass is 286 g/mol. The molecule has 1 aromatic heterocycles. The molecule has 0 aliphatic carbocycles. The van der Waals surface area contributed by atoms with Gasteiger partial charge in [-0.05, 0) is 32.9 Å². The number of rotatable bonds is 4. The van der Waals surface area contributed by atoms with Gasteiger partial charge in [0.05, 0.1) is 5.69 Å². The van der Waals surface area contributed by atoms with Crippen LogP contribution in [0.15, 0.2) is 30.3 Å². The van der Waals surface area contributed by atoms with Crippen LogP contribution in [0.3, 0.4) is 0 Å². The van der Waals surface area contributed by atoms with Crippen LogP contribution in [0, 0.1) is 6.92 Å².